The summed E-state index contributed by atoms with van der Waals surface area (Å²) >= 11 is 0. The topological polar surface area (TPSA) is 83.8 Å². The lowest BCUT2D eigenvalue weighted by atomic mass is 10.1. The number of amides is 2. The monoisotopic (exact) mass is 476 g/mol. The smallest absolute Gasteiger partial charge is 0.410 e. The average Bonchev–Trinajstić information content (AvgIpc) is 3.09. The molecule has 0 unspecified atom stereocenters. The number of nitrogens with zero attached hydrogens (tertiary/aromatic N) is 6. The van der Waals surface area contributed by atoms with Crippen molar-refractivity contribution < 1.29 is 14.3 Å². The fourth-order valence-electron chi connectivity index (χ4n) is 4.84. The minimum Gasteiger partial charge on any atom is -0.444 e. The summed E-state index contributed by atoms with van der Waals surface area (Å²) in [5, 5.41) is 1.01. The molecule has 0 N–H and O–H groups in total. The van der Waals surface area contributed by atoms with Crippen molar-refractivity contribution in [3.8, 4) is 0 Å². The van der Waals surface area contributed by atoms with Gasteiger partial charge in [0.2, 0.25) is 5.91 Å². The van der Waals surface area contributed by atoms with Crippen molar-refractivity contribution in [3.63, 3.8) is 0 Å². The standard InChI is InChI=1S/C26H32N6O3/c1-17-6-7-18(14-27-17)30-12-13-32(23(33)16-30)22-9-8-19-20-15-31(25(34)35-26(2,3)4)11-10-21(20)29(5)24(19)28-22/h6-9,14H,10-13,15-16H2,1-5H3. The molecule has 9 heteroatoms. The van der Waals surface area contributed by atoms with E-state index in [-0.39, 0.29) is 12.0 Å². The summed E-state index contributed by atoms with van der Waals surface area (Å²) in [6, 6.07) is 7.90. The third kappa shape index (κ3) is 4.42. The van der Waals surface area contributed by atoms with E-state index in [1.807, 2.05) is 65.2 Å². The zero-order chi connectivity index (χ0) is 24.9. The first-order valence-electron chi connectivity index (χ1n) is 12.0. The Morgan fingerprint density at radius 3 is 2.54 bits per heavy atom. The fourth-order valence-corrected chi connectivity index (χ4v) is 4.84. The van der Waals surface area contributed by atoms with Crippen LogP contribution in [0.15, 0.2) is 30.5 Å². The predicted molar refractivity (Wildman–Crippen MR) is 135 cm³/mol. The highest BCUT2D eigenvalue weighted by Gasteiger charge is 2.31. The van der Waals surface area contributed by atoms with E-state index < -0.39 is 5.60 Å². The Bertz CT molecular complexity index is 1290. The summed E-state index contributed by atoms with van der Waals surface area (Å²) < 4.78 is 7.68. The molecule has 0 spiro atoms. The van der Waals surface area contributed by atoms with Gasteiger partial charge in [0.05, 0.1) is 25.0 Å². The van der Waals surface area contributed by atoms with Gasteiger partial charge in [-0.25, -0.2) is 9.78 Å². The maximum Gasteiger partial charge on any atom is 0.410 e. The van der Waals surface area contributed by atoms with Gasteiger partial charge in [0, 0.05) is 55.4 Å². The number of carbonyl (C=O) groups is 2. The number of anilines is 2. The predicted octanol–water partition coefficient (Wildman–Crippen LogP) is 3.42. The number of hydrogen-bond acceptors (Lipinski definition) is 6. The van der Waals surface area contributed by atoms with E-state index in [9.17, 15) is 9.59 Å². The van der Waals surface area contributed by atoms with Crippen LogP contribution in [-0.2, 0) is 29.5 Å². The Balaban J connectivity index is 1.37. The first-order valence-corrected chi connectivity index (χ1v) is 12.0. The van der Waals surface area contributed by atoms with Crippen LogP contribution in [0.4, 0.5) is 16.3 Å². The summed E-state index contributed by atoms with van der Waals surface area (Å²) in [5.41, 5.74) is 4.48. The molecule has 0 radical (unpaired) electrons. The molecule has 184 valence electrons. The van der Waals surface area contributed by atoms with Gasteiger partial charge in [0.1, 0.15) is 17.1 Å². The Labute approximate surface area is 205 Å². The molecule has 5 heterocycles. The molecule has 1 fully saturated rings. The van der Waals surface area contributed by atoms with E-state index in [0.717, 1.165) is 34.4 Å². The summed E-state index contributed by atoms with van der Waals surface area (Å²) in [7, 11) is 2.01. The van der Waals surface area contributed by atoms with Crippen LogP contribution in [0.3, 0.4) is 0 Å². The molecule has 35 heavy (non-hydrogen) atoms. The van der Waals surface area contributed by atoms with Crippen LogP contribution in [0.5, 0.6) is 0 Å². The SMILES string of the molecule is Cc1ccc(N2CCN(c3ccc4c5c(n(C)c4n3)CCN(C(=O)OC(C)(C)C)C5)C(=O)C2)cn1. The zero-order valence-corrected chi connectivity index (χ0v) is 21.0. The molecular formula is C26H32N6O3. The van der Waals surface area contributed by atoms with E-state index in [0.29, 0.717) is 38.5 Å². The summed E-state index contributed by atoms with van der Waals surface area (Å²) in [6.45, 7) is 10.2. The highest BCUT2D eigenvalue weighted by Crippen LogP contribution is 2.32. The minimum absolute atomic E-state index is 0.0127. The van der Waals surface area contributed by atoms with Crippen molar-refractivity contribution in [2.45, 2.75) is 46.3 Å². The Hall–Kier alpha value is -3.62. The van der Waals surface area contributed by atoms with E-state index >= 15 is 0 Å². The second-order valence-electron chi connectivity index (χ2n) is 10.3. The highest BCUT2D eigenvalue weighted by molar-refractivity contribution is 5.98. The molecule has 2 aliphatic rings. The Kier molecular flexibility index (Phi) is 5.65. The summed E-state index contributed by atoms with van der Waals surface area (Å²) in [5.74, 6) is 0.671. The van der Waals surface area contributed by atoms with Crippen LogP contribution >= 0.6 is 0 Å². The van der Waals surface area contributed by atoms with Gasteiger partial charge in [-0.05, 0) is 52.0 Å². The number of piperazine rings is 1. The molecule has 0 aromatic carbocycles. The Morgan fingerprint density at radius 2 is 1.86 bits per heavy atom. The number of ether oxygens (including phenoxy) is 1. The second-order valence-corrected chi connectivity index (χ2v) is 10.3. The number of hydrogen-bond donors (Lipinski definition) is 0. The largest absolute Gasteiger partial charge is 0.444 e. The van der Waals surface area contributed by atoms with Gasteiger partial charge in [0.25, 0.3) is 0 Å². The van der Waals surface area contributed by atoms with Crippen molar-refractivity contribution in [2.24, 2.45) is 7.05 Å². The van der Waals surface area contributed by atoms with Crippen LogP contribution in [0.25, 0.3) is 11.0 Å². The first-order chi connectivity index (χ1) is 16.6. The van der Waals surface area contributed by atoms with E-state index in [1.54, 1.807) is 9.80 Å². The first kappa shape index (κ1) is 23.1. The summed E-state index contributed by atoms with van der Waals surface area (Å²) in [6.07, 6.45) is 2.26. The normalized spacial score (nSPS) is 16.6. The molecule has 2 aliphatic heterocycles. The zero-order valence-electron chi connectivity index (χ0n) is 21.0. The number of aromatic nitrogens is 3. The van der Waals surface area contributed by atoms with E-state index in [4.69, 9.17) is 9.72 Å². The molecule has 3 aromatic heterocycles. The van der Waals surface area contributed by atoms with E-state index in [1.165, 1.54) is 5.69 Å². The van der Waals surface area contributed by atoms with Gasteiger partial charge in [-0.2, -0.15) is 0 Å². The maximum atomic E-state index is 13.1. The van der Waals surface area contributed by atoms with Gasteiger partial charge in [-0.1, -0.05) is 0 Å². The lowest BCUT2D eigenvalue weighted by Crippen LogP contribution is -2.51. The van der Waals surface area contributed by atoms with Crippen molar-refractivity contribution >= 4 is 34.5 Å². The molecule has 0 bridgehead atoms. The second kappa shape index (κ2) is 8.55. The molecule has 2 amide bonds. The van der Waals surface area contributed by atoms with Gasteiger partial charge >= 0.3 is 6.09 Å². The lowest BCUT2D eigenvalue weighted by molar-refractivity contribution is -0.117. The molecule has 0 saturated carbocycles. The van der Waals surface area contributed by atoms with Crippen molar-refractivity contribution in [2.75, 3.05) is 36.0 Å². The number of aryl methyl sites for hydroxylation is 2. The lowest BCUT2D eigenvalue weighted by Gasteiger charge is -2.34. The molecule has 5 rings (SSSR count). The van der Waals surface area contributed by atoms with E-state index in [2.05, 4.69) is 14.5 Å². The van der Waals surface area contributed by atoms with Crippen molar-refractivity contribution in [1.29, 1.82) is 0 Å². The highest BCUT2D eigenvalue weighted by atomic mass is 16.6. The minimum atomic E-state index is -0.529. The van der Waals surface area contributed by atoms with Crippen LogP contribution in [-0.4, -0.2) is 63.2 Å². The Morgan fingerprint density at radius 1 is 1.06 bits per heavy atom. The summed E-state index contributed by atoms with van der Waals surface area (Å²) in [4.78, 5) is 40.5. The quantitative estimate of drug-likeness (QED) is 0.564. The molecule has 0 aliphatic carbocycles. The molecule has 1 saturated heterocycles. The van der Waals surface area contributed by atoms with Crippen LogP contribution in [0.1, 0.15) is 37.7 Å². The van der Waals surface area contributed by atoms with Gasteiger partial charge in [-0.3, -0.25) is 14.7 Å². The van der Waals surface area contributed by atoms with Crippen LogP contribution in [0.2, 0.25) is 0 Å². The molecule has 9 nitrogen and oxygen atoms in total. The van der Waals surface area contributed by atoms with Crippen LogP contribution < -0.4 is 9.80 Å². The number of rotatable bonds is 2. The van der Waals surface area contributed by atoms with Gasteiger partial charge in [-0.15, -0.1) is 0 Å². The fraction of sp³-hybridized carbons (Fsp3) is 0.462. The van der Waals surface area contributed by atoms with Gasteiger partial charge in [0.15, 0.2) is 0 Å². The van der Waals surface area contributed by atoms with Gasteiger partial charge < -0.3 is 19.1 Å². The number of pyridine rings is 2. The maximum absolute atomic E-state index is 13.1. The van der Waals surface area contributed by atoms with Crippen LogP contribution in [0, 0.1) is 6.92 Å². The molecular weight excluding hydrogens is 444 g/mol. The average molecular weight is 477 g/mol. The number of carbonyl (C=O) groups excluding carboxylic acids is 2. The molecule has 0 atom stereocenters. The number of fused-ring (bicyclic) bond motifs is 3. The third-order valence-electron chi connectivity index (χ3n) is 6.63. The van der Waals surface area contributed by atoms with Crippen molar-refractivity contribution in [3.05, 3.63) is 47.4 Å². The molecule has 3 aromatic rings. The third-order valence-corrected chi connectivity index (χ3v) is 6.63. The van der Waals surface area contributed by atoms with Crippen molar-refractivity contribution in [1.82, 2.24) is 19.4 Å².